The Hall–Kier alpha value is -3.68. The van der Waals surface area contributed by atoms with Crippen molar-refractivity contribution in [2.24, 2.45) is 0 Å². The fourth-order valence-corrected chi connectivity index (χ4v) is 3.86. The highest BCUT2D eigenvalue weighted by molar-refractivity contribution is 6.18. The van der Waals surface area contributed by atoms with Gasteiger partial charge in [0, 0.05) is 36.2 Å². The molecule has 5 rings (SSSR count). The van der Waals surface area contributed by atoms with Gasteiger partial charge in [-0.15, -0.1) is 0 Å². The Labute approximate surface area is 184 Å². The minimum Gasteiger partial charge on any atom is -0.367 e. The number of pyridine rings is 2. The number of aromatic nitrogens is 5. The van der Waals surface area contributed by atoms with E-state index in [1.165, 1.54) is 18.8 Å². The van der Waals surface area contributed by atoms with Gasteiger partial charge in [-0.3, -0.25) is 9.78 Å². The molecule has 0 amide bonds. The fourth-order valence-electron chi connectivity index (χ4n) is 3.86. The molecule has 32 heavy (non-hydrogen) atoms. The summed E-state index contributed by atoms with van der Waals surface area (Å²) in [5.74, 6) is -0.643. The van der Waals surface area contributed by atoms with Crippen molar-refractivity contribution in [1.29, 1.82) is 0 Å². The Morgan fingerprint density at radius 3 is 2.66 bits per heavy atom. The van der Waals surface area contributed by atoms with Crippen LogP contribution in [0.3, 0.4) is 0 Å². The van der Waals surface area contributed by atoms with Crippen LogP contribution in [0.4, 0.5) is 10.2 Å². The number of halogens is 1. The smallest absolute Gasteiger partial charge is 0.224 e. The number of fused-ring (bicyclic) bond motifs is 1. The zero-order valence-corrected chi connectivity index (χ0v) is 17.7. The topological polar surface area (TPSA) is 96.5 Å². The molecule has 0 saturated heterocycles. The number of aryl methyl sites for hydroxylation is 1. The van der Waals surface area contributed by atoms with Gasteiger partial charge < -0.3 is 10.3 Å². The summed E-state index contributed by atoms with van der Waals surface area (Å²) in [4.78, 5) is 33.2. The molecular weight excluding hydrogens is 407 g/mol. The number of anilines is 1. The average molecular weight is 430 g/mol. The molecule has 0 spiro atoms. The number of carbonyl (C=O) groups is 1. The summed E-state index contributed by atoms with van der Waals surface area (Å²) in [6.45, 7) is 2.04. The molecule has 0 aromatic carbocycles. The van der Waals surface area contributed by atoms with Crippen LogP contribution in [0.5, 0.6) is 0 Å². The van der Waals surface area contributed by atoms with Gasteiger partial charge in [0.2, 0.25) is 5.95 Å². The minimum absolute atomic E-state index is 0.0763. The molecule has 162 valence electrons. The first-order chi connectivity index (χ1) is 15.6. The maximum atomic E-state index is 14.9. The molecule has 0 bridgehead atoms. The number of hydrogen-bond acceptors (Lipinski definition) is 6. The number of aromatic amines is 1. The van der Waals surface area contributed by atoms with Gasteiger partial charge in [-0.05, 0) is 49.4 Å². The molecule has 0 aliphatic heterocycles. The van der Waals surface area contributed by atoms with Crippen LogP contribution in [0.1, 0.15) is 59.1 Å². The molecule has 7 nitrogen and oxygen atoms in total. The van der Waals surface area contributed by atoms with Crippen LogP contribution in [-0.2, 0) is 12.8 Å². The van der Waals surface area contributed by atoms with E-state index in [1.807, 2.05) is 19.1 Å². The third kappa shape index (κ3) is 3.84. The van der Waals surface area contributed by atoms with Crippen molar-refractivity contribution in [3.8, 4) is 0 Å². The van der Waals surface area contributed by atoms with Crippen LogP contribution in [0.15, 0.2) is 43.0 Å². The van der Waals surface area contributed by atoms with E-state index in [9.17, 15) is 9.18 Å². The van der Waals surface area contributed by atoms with Crippen molar-refractivity contribution in [3.63, 3.8) is 0 Å². The first kappa shape index (κ1) is 20.2. The third-order valence-electron chi connectivity index (χ3n) is 5.94. The van der Waals surface area contributed by atoms with E-state index in [0.717, 1.165) is 30.5 Å². The highest BCUT2D eigenvalue weighted by atomic mass is 19.1. The molecule has 4 aromatic rings. The van der Waals surface area contributed by atoms with Crippen molar-refractivity contribution >= 4 is 22.6 Å². The summed E-state index contributed by atoms with van der Waals surface area (Å²) in [6.07, 6.45) is 9.40. The number of ketones is 1. The number of H-pyrrole nitrogens is 1. The zero-order valence-electron chi connectivity index (χ0n) is 17.7. The molecule has 1 aliphatic rings. The molecule has 2 N–H and O–H groups in total. The van der Waals surface area contributed by atoms with Crippen molar-refractivity contribution < 1.29 is 9.18 Å². The summed E-state index contributed by atoms with van der Waals surface area (Å²) >= 11 is 0. The molecule has 4 aromatic heterocycles. The maximum absolute atomic E-state index is 14.9. The normalized spacial score (nSPS) is 13.8. The number of nitrogens with zero attached hydrogens (tertiary/aromatic N) is 4. The van der Waals surface area contributed by atoms with Crippen LogP contribution in [-0.4, -0.2) is 36.7 Å². The number of rotatable bonds is 7. The second-order valence-corrected chi connectivity index (χ2v) is 8.08. The second-order valence-electron chi connectivity index (χ2n) is 8.08. The Bertz CT molecular complexity index is 1280. The predicted molar refractivity (Wildman–Crippen MR) is 119 cm³/mol. The van der Waals surface area contributed by atoms with Crippen LogP contribution in [0, 0.1) is 5.95 Å². The van der Waals surface area contributed by atoms with E-state index in [2.05, 4.69) is 30.2 Å². The van der Waals surface area contributed by atoms with E-state index in [4.69, 9.17) is 0 Å². The number of nitrogens with one attached hydrogen (secondary N) is 2. The van der Waals surface area contributed by atoms with Gasteiger partial charge in [0.25, 0.3) is 0 Å². The lowest BCUT2D eigenvalue weighted by Gasteiger charge is -2.27. The SMILES string of the molecule is CCc1ccc(Cc2ccc(C(=O)c3c[nH]c4ncnc(NC5CCC5)c34)c(F)n2)cn1. The molecule has 4 heterocycles. The van der Waals surface area contributed by atoms with E-state index in [0.29, 0.717) is 40.6 Å². The van der Waals surface area contributed by atoms with Gasteiger partial charge in [0.1, 0.15) is 17.8 Å². The summed E-state index contributed by atoms with van der Waals surface area (Å²) in [5.41, 5.74) is 3.28. The van der Waals surface area contributed by atoms with E-state index in [-0.39, 0.29) is 5.56 Å². The molecule has 1 aliphatic carbocycles. The van der Waals surface area contributed by atoms with Gasteiger partial charge in [0.05, 0.1) is 16.5 Å². The van der Waals surface area contributed by atoms with Crippen molar-refractivity contribution in [2.75, 3.05) is 5.32 Å². The van der Waals surface area contributed by atoms with Gasteiger partial charge >= 0.3 is 0 Å². The van der Waals surface area contributed by atoms with Crippen LogP contribution < -0.4 is 5.32 Å². The Morgan fingerprint density at radius 1 is 1.12 bits per heavy atom. The monoisotopic (exact) mass is 430 g/mol. The van der Waals surface area contributed by atoms with Crippen LogP contribution in [0.2, 0.25) is 0 Å². The quantitative estimate of drug-likeness (QED) is 0.336. The minimum atomic E-state index is -0.787. The number of carbonyl (C=O) groups excluding carboxylic acids is 1. The standard InChI is InChI=1S/C24H23FN6O/c1-2-15-7-6-14(11-26-15)10-17-8-9-18(22(25)30-17)21(32)19-12-27-23-20(19)24(29-13-28-23)31-16-4-3-5-16/h6-9,11-13,16H,2-5,10H2,1H3,(H2,27,28,29,31). The summed E-state index contributed by atoms with van der Waals surface area (Å²) in [7, 11) is 0. The highest BCUT2D eigenvalue weighted by Crippen LogP contribution is 2.29. The largest absolute Gasteiger partial charge is 0.367 e. The van der Waals surface area contributed by atoms with Gasteiger partial charge in [-0.25, -0.2) is 15.0 Å². The first-order valence-electron chi connectivity index (χ1n) is 10.8. The number of hydrogen-bond donors (Lipinski definition) is 2. The lowest BCUT2D eigenvalue weighted by Crippen LogP contribution is -2.27. The molecule has 8 heteroatoms. The summed E-state index contributed by atoms with van der Waals surface area (Å²) in [6, 6.07) is 7.44. The molecule has 0 atom stereocenters. The fraction of sp³-hybridized carbons (Fsp3) is 0.292. The lowest BCUT2D eigenvalue weighted by atomic mass is 9.93. The van der Waals surface area contributed by atoms with Crippen molar-refractivity contribution in [1.82, 2.24) is 24.9 Å². The Balaban J connectivity index is 1.42. The van der Waals surface area contributed by atoms with E-state index in [1.54, 1.807) is 18.5 Å². The van der Waals surface area contributed by atoms with Gasteiger partial charge in [-0.1, -0.05) is 13.0 Å². The highest BCUT2D eigenvalue weighted by Gasteiger charge is 2.24. The van der Waals surface area contributed by atoms with Crippen molar-refractivity contribution in [3.05, 3.63) is 77.0 Å². The van der Waals surface area contributed by atoms with Gasteiger partial charge in [0.15, 0.2) is 5.78 Å². The second kappa shape index (κ2) is 8.45. The summed E-state index contributed by atoms with van der Waals surface area (Å²) in [5, 5.41) is 3.95. The van der Waals surface area contributed by atoms with Gasteiger partial charge in [-0.2, -0.15) is 4.39 Å². The first-order valence-corrected chi connectivity index (χ1v) is 10.8. The lowest BCUT2D eigenvalue weighted by molar-refractivity contribution is 0.103. The molecular formula is C24H23FN6O. The van der Waals surface area contributed by atoms with Crippen LogP contribution >= 0.6 is 0 Å². The maximum Gasteiger partial charge on any atom is 0.224 e. The Morgan fingerprint density at radius 2 is 1.97 bits per heavy atom. The average Bonchev–Trinajstić information content (AvgIpc) is 3.21. The molecule has 0 radical (unpaired) electrons. The third-order valence-corrected chi connectivity index (χ3v) is 5.94. The predicted octanol–water partition coefficient (Wildman–Crippen LogP) is 4.24. The zero-order chi connectivity index (χ0) is 22.1. The summed E-state index contributed by atoms with van der Waals surface area (Å²) < 4.78 is 14.9. The Kier molecular flexibility index (Phi) is 5.34. The molecule has 0 unspecified atom stereocenters. The molecule has 1 fully saturated rings. The van der Waals surface area contributed by atoms with Crippen molar-refractivity contribution in [2.45, 2.75) is 45.1 Å². The van der Waals surface area contributed by atoms with E-state index < -0.39 is 11.7 Å². The molecule has 1 saturated carbocycles. The van der Waals surface area contributed by atoms with Crippen LogP contribution in [0.25, 0.3) is 11.0 Å². The van der Waals surface area contributed by atoms with E-state index >= 15 is 0 Å².